The Morgan fingerprint density at radius 2 is 1.92 bits per heavy atom. The number of nitrogens with zero attached hydrogens (tertiary/aromatic N) is 1. The van der Waals surface area contributed by atoms with E-state index in [2.05, 4.69) is 0 Å². The Labute approximate surface area is 144 Å². The van der Waals surface area contributed by atoms with Crippen molar-refractivity contribution in [1.82, 2.24) is 4.90 Å². The largest absolute Gasteiger partial charge is 0.444 e. The van der Waals surface area contributed by atoms with Crippen molar-refractivity contribution in [2.45, 2.75) is 39.0 Å². The fourth-order valence-corrected chi connectivity index (χ4v) is 2.61. The Bertz CT molecular complexity index is 663. The minimum absolute atomic E-state index is 0.0684. The number of carbonyl (C=O) groups excluding carboxylic acids is 1. The van der Waals surface area contributed by atoms with Crippen LogP contribution in [0.3, 0.4) is 0 Å². The van der Waals surface area contributed by atoms with E-state index in [1.54, 1.807) is 26.8 Å². The number of benzene rings is 1. The Balaban J connectivity index is 2.22. The van der Waals surface area contributed by atoms with Gasteiger partial charge in [-0.25, -0.2) is 4.79 Å². The van der Waals surface area contributed by atoms with Gasteiger partial charge < -0.3 is 9.64 Å². The van der Waals surface area contributed by atoms with E-state index < -0.39 is 23.4 Å². The Kier molecular flexibility index (Phi) is 5.18. The normalized spacial score (nSPS) is 16.0. The van der Waals surface area contributed by atoms with Crippen LogP contribution in [0.1, 0.15) is 38.3 Å². The quantitative estimate of drug-likeness (QED) is 0.671. The lowest BCUT2D eigenvalue weighted by atomic mass is 9.94. The van der Waals surface area contributed by atoms with Gasteiger partial charge in [0.05, 0.1) is 5.56 Å². The second kappa shape index (κ2) is 6.67. The summed E-state index contributed by atoms with van der Waals surface area (Å²) >= 11 is 5.86. The zero-order chi connectivity index (χ0) is 18.1. The molecule has 0 bridgehead atoms. The van der Waals surface area contributed by atoms with Crippen LogP contribution in [0.5, 0.6) is 0 Å². The van der Waals surface area contributed by atoms with Gasteiger partial charge in [-0.1, -0.05) is 17.7 Å². The molecule has 3 nitrogen and oxygen atoms in total. The molecule has 0 aromatic heterocycles. The number of ether oxygens (including phenoxy) is 1. The van der Waals surface area contributed by atoms with Crippen LogP contribution in [-0.4, -0.2) is 29.7 Å². The fraction of sp³-hybridized carbons (Fsp3) is 0.471. The van der Waals surface area contributed by atoms with Gasteiger partial charge in [0, 0.05) is 18.1 Å². The van der Waals surface area contributed by atoms with Crippen LogP contribution >= 0.6 is 11.6 Å². The van der Waals surface area contributed by atoms with Crippen molar-refractivity contribution in [2.24, 2.45) is 0 Å². The molecule has 0 atom stereocenters. The van der Waals surface area contributed by atoms with Gasteiger partial charge in [0.2, 0.25) is 0 Å². The highest BCUT2D eigenvalue weighted by molar-refractivity contribution is 6.30. The predicted octanol–water partition coefficient (Wildman–Crippen LogP) is 5.38. The number of hydrogen-bond acceptors (Lipinski definition) is 2. The lowest BCUT2D eigenvalue weighted by molar-refractivity contribution is -0.137. The first-order chi connectivity index (χ1) is 11.0. The Hall–Kier alpha value is -1.69. The first-order valence-corrected chi connectivity index (χ1v) is 7.89. The minimum Gasteiger partial charge on any atom is -0.444 e. The first-order valence-electron chi connectivity index (χ1n) is 7.51. The second-order valence-corrected chi connectivity index (χ2v) is 7.03. The molecule has 0 aliphatic carbocycles. The molecule has 0 saturated carbocycles. The van der Waals surface area contributed by atoms with Crippen molar-refractivity contribution < 1.29 is 22.7 Å². The van der Waals surface area contributed by atoms with E-state index in [-0.39, 0.29) is 17.1 Å². The molecule has 2 rings (SSSR count). The Morgan fingerprint density at radius 1 is 1.25 bits per heavy atom. The Morgan fingerprint density at radius 3 is 2.42 bits per heavy atom. The molecular formula is C17H19ClF3NO2. The van der Waals surface area contributed by atoms with E-state index in [0.29, 0.717) is 18.5 Å². The summed E-state index contributed by atoms with van der Waals surface area (Å²) in [6.07, 6.45) is -3.00. The standard InChI is InChI=1S/C17H19ClF3NO2/c1-16(2,3)24-15(23)22-8-6-11(7-9-22)13-10-12(18)4-5-14(13)17(19,20)21/h4-6,10H,7-9H2,1-3H3. The van der Waals surface area contributed by atoms with Crippen LogP contribution in [-0.2, 0) is 10.9 Å². The fourth-order valence-electron chi connectivity index (χ4n) is 2.44. The van der Waals surface area contributed by atoms with Gasteiger partial charge in [-0.15, -0.1) is 0 Å². The van der Waals surface area contributed by atoms with Crippen LogP contribution < -0.4 is 0 Å². The van der Waals surface area contributed by atoms with Crippen molar-refractivity contribution in [1.29, 1.82) is 0 Å². The summed E-state index contributed by atoms with van der Waals surface area (Å²) in [5.74, 6) is 0. The van der Waals surface area contributed by atoms with Crippen LogP contribution in [0.25, 0.3) is 5.57 Å². The van der Waals surface area contributed by atoms with Crippen LogP contribution in [0, 0.1) is 0 Å². The molecule has 1 heterocycles. The highest BCUT2D eigenvalue weighted by Gasteiger charge is 2.35. The van der Waals surface area contributed by atoms with E-state index in [1.807, 2.05) is 0 Å². The van der Waals surface area contributed by atoms with Crippen molar-refractivity contribution in [3.05, 3.63) is 40.4 Å². The second-order valence-electron chi connectivity index (χ2n) is 6.59. The van der Waals surface area contributed by atoms with Gasteiger partial charge in [0.1, 0.15) is 5.60 Å². The zero-order valence-electron chi connectivity index (χ0n) is 13.7. The molecule has 1 aromatic carbocycles. The first kappa shape index (κ1) is 18.6. The third-order valence-electron chi connectivity index (χ3n) is 3.49. The third-order valence-corrected chi connectivity index (χ3v) is 3.73. The monoisotopic (exact) mass is 361 g/mol. The van der Waals surface area contributed by atoms with E-state index in [4.69, 9.17) is 16.3 Å². The lowest BCUT2D eigenvalue weighted by Crippen LogP contribution is -2.39. The number of halogens is 4. The summed E-state index contributed by atoms with van der Waals surface area (Å²) in [6, 6.07) is 3.53. The molecule has 132 valence electrons. The lowest BCUT2D eigenvalue weighted by Gasteiger charge is -2.30. The van der Waals surface area contributed by atoms with Gasteiger partial charge in [0.15, 0.2) is 0 Å². The van der Waals surface area contributed by atoms with E-state index in [0.717, 1.165) is 6.07 Å². The number of amides is 1. The van der Waals surface area contributed by atoms with Crippen LogP contribution in [0.15, 0.2) is 24.3 Å². The van der Waals surface area contributed by atoms with Gasteiger partial charge in [0.25, 0.3) is 0 Å². The molecule has 1 aliphatic rings. The van der Waals surface area contributed by atoms with Gasteiger partial charge in [-0.2, -0.15) is 13.2 Å². The number of hydrogen-bond donors (Lipinski definition) is 0. The SMILES string of the molecule is CC(C)(C)OC(=O)N1CC=C(c2cc(Cl)ccc2C(F)(F)F)CC1. The summed E-state index contributed by atoms with van der Waals surface area (Å²) < 4.78 is 44.8. The molecule has 24 heavy (non-hydrogen) atoms. The van der Waals surface area contributed by atoms with Crippen molar-refractivity contribution in [3.8, 4) is 0 Å². The molecular weight excluding hydrogens is 343 g/mol. The summed E-state index contributed by atoms with van der Waals surface area (Å²) in [4.78, 5) is 13.5. The maximum Gasteiger partial charge on any atom is 0.416 e. The molecule has 1 amide bonds. The molecule has 1 aliphatic heterocycles. The average molecular weight is 362 g/mol. The minimum atomic E-state index is -4.46. The zero-order valence-corrected chi connectivity index (χ0v) is 14.5. The van der Waals surface area contributed by atoms with E-state index in [1.165, 1.54) is 17.0 Å². The van der Waals surface area contributed by atoms with E-state index in [9.17, 15) is 18.0 Å². The highest BCUT2D eigenvalue weighted by atomic mass is 35.5. The average Bonchev–Trinajstić information content (AvgIpc) is 2.44. The molecule has 1 aromatic rings. The number of alkyl halides is 3. The molecule has 0 unspecified atom stereocenters. The number of carbonyl (C=O) groups is 1. The van der Waals surface area contributed by atoms with Crippen molar-refractivity contribution >= 4 is 23.3 Å². The van der Waals surface area contributed by atoms with E-state index >= 15 is 0 Å². The van der Waals surface area contributed by atoms with Gasteiger partial charge in [-0.3, -0.25) is 0 Å². The molecule has 0 fully saturated rings. The maximum absolute atomic E-state index is 13.2. The van der Waals surface area contributed by atoms with Crippen LogP contribution in [0.2, 0.25) is 5.02 Å². The predicted molar refractivity (Wildman–Crippen MR) is 86.9 cm³/mol. The number of rotatable bonds is 1. The van der Waals surface area contributed by atoms with Crippen molar-refractivity contribution in [3.63, 3.8) is 0 Å². The van der Waals surface area contributed by atoms with Gasteiger partial charge >= 0.3 is 12.3 Å². The smallest absolute Gasteiger partial charge is 0.416 e. The summed E-state index contributed by atoms with van der Waals surface area (Å²) in [5, 5.41) is 0.244. The highest BCUT2D eigenvalue weighted by Crippen LogP contribution is 2.38. The summed E-state index contributed by atoms with van der Waals surface area (Å²) in [5.41, 5.74) is -0.732. The molecule has 0 N–H and O–H groups in total. The summed E-state index contributed by atoms with van der Waals surface area (Å²) in [6.45, 7) is 5.78. The summed E-state index contributed by atoms with van der Waals surface area (Å²) in [7, 11) is 0. The van der Waals surface area contributed by atoms with Crippen LogP contribution in [0.4, 0.5) is 18.0 Å². The third kappa shape index (κ3) is 4.66. The maximum atomic E-state index is 13.2. The van der Waals surface area contributed by atoms with Crippen molar-refractivity contribution in [2.75, 3.05) is 13.1 Å². The molecule has 0 radical (unpaired) electrons. The molecule has 0 saturated heterocycles. The topological polar surface area (TPSA) is 29.5 Å². The van der Waals surface area contributed by atoms with Gasteiger partial charge in [-0.05, 0) is 56.5 Å². The molecule has 0 spiro atoms. The molecule has 7 heteroatoms.